The van der Waals surface area contributed by atoms with Crippen LogP contribution in [0, 0.1) is 11.8 Å². The Labute approximate surface area is 227 Å². The van der Waals surface area contributed by atoms with E-state index in [1.165, 1.54) is 12.0 Å². The summed E-state index contributed by atoms with van der Waals surface area (Å²) in [6.45, 7) is 2.48. The van der Waals surface area contributed by atoms with Crippen LogP contribution in [0.5, 0.6) is 11.5 Å². The van der Waals surface area contributed by atoms with E-state index >= 15 is 0 Å². The van der Waals surface area contributed by atoms with Gasteiger partial charge in [0.25, 0.3) is 0 Å². The molecule has 0 bridgehead atoms. The number of benzene rings is 3. The van der Waals surface area contributed by atoms with E-state index in [9.17, 15) is 19.5 Å². The predicted molar refractivity (Wildman–Crippen MR) is 144 cm³/mol. The fourth-order valence-electron chi connectivity index (χ4n) is 5.88. The summed E-state index contributed by atoms with van der Waals surface area (Å²) < 4.78 is 11.9. The third kappa shape index (κ3) is 4.44. The molecule has 2 aliphatic heterocycles. The van der Waals surface area contributed by atoms with Crippen LogP contribution in [0.3, 0.4) is 0 Å². The number of nitrogens with zero attached hydrogens (tertiary/aromatic N) is 1. The molecule has 2 fully saturated rings. The highest BCUT2D eigenvalue weighted by atomic mass is 16.5. The Morgan fingerprint density at radius 1 is 0.974 bits per heavy atom. The second-order valence-electron chi connectivity index (χ2n) is 9.94. The number of unbranched alkanes of at least 4 members (excludes halogenated alkanes) is 1. The van der Waals surface area contributed by atoms with Crippen molar-refractivity contribution in [3.63, 3.8) is 0 Å². The Bertz CT molecular complexity index is 1360. The lowest BCUT2D eigenvalue weighted by atomic mass is 9.75. The SMILES string of the molecule is CCCCN1C(=O)C2C(c3cccc(OC)c3OCc3ccccc3)NC(C(=O)O)(c3ccccc3)C2C1=O. The van der Waals surface area contributed by atoms with Gasteiger partial charge in [0.15, 0.2) is 17.0 Å². The Morgan fingerprint density at radius 3 is 2.31 bits per heavy atom. The number of likely N-dealkylation sites (tertiary alicyclic amines) is 1. The molecule has 3 aromatic carbocycles. The Hall–Kier alpha value is -4.17. The van der Waals surface area contributed by atoms with Gasteiger partial charge >= 0.3 is 5.97 Å². The average Bonchev–Trinajstić information content (AvgIpc) is 3.45. The number of imide groups is 1. The summed E-state index contributed by atoms with van der Waals surface area (Å²) >= 11 is 0. The number of carbonyl (C=O) groups is 3. The minimum atomic E-state index is -1.80. The molecule has 2 aliphatic rings. The first kappa shape index (κ1) is 26.4. The maximum Gasteiger partial charge on any atom is 0.329 e. The zero-order valence-corrected chi connectivity index (χ0v) is 22.0. The average molecular weight is 529 g/mol. The van der Waals surface area contributed by atoms with Crippen LogP contribution in [-0.4, -0.2) is 41.4 Å². The smallest absolute Gasteiger partial charge is 0.329 e. The van der Waals surface area contributed by atoms with Crippen LogP contribution in [0.25, 0.3) is 0 Å². The molecule has 39 heavy (non-hydrogen) atoms. The number of methoxy groups -OCH3 is 1. The highest BCUT2D eigenvalue weighted by Gasteiger charge is 2.69. The Kier molecular flexibility index (Phi) is 7.39. The van der Waals surface area contributed by atoms with Crippen molar-refractivity contribution in [3.8, 4) is 11.5 Å². The van der Waals surface area contributed by atoms with Crippen LogP contribution >= 0.6 is 0 Å². The molecular formula is C31H32N2O6. The lowest BCUT2D eigenvalue weighted by Crippen LogP contribution is -2.53. The van der Waals surface area contributed by atoms with Crippen molar-refractivity contribution >= 4 is 17.8 Å². The molecule has 5 rings (SSSR count). The summed E-state index contributed by atoms with van der Waals surface area (Å²) in [6.07, 6.45) is 1.44. The van der Waals surface area contributed by atoms with E-state index in [-0.39, 0.29) is 19.1 Å². The van der Waals surface area contributed by atoms with Gasteiger partial charge in [0, 0.05) is 18.2 Å². The lowest BCUT2D eigenvalue weighted by Gasteiger charge is -2.32. The summed E-state index contributed by atoms with van der Waals surface area (Å²) in [5, 5.41) is 14.0. The van der Waals surface area contributed by atoms with Crippen LogP contribution in [0.2, 0.25) is 0 Å². The molecule has 2 heterocycles. The van der Waals surface area contributed by atoms with Crippen molar-refractivity contribution < 1.29 is 29.0 Å². The number of ether oxygens (including phenoxy) is 2. The molecule has 8 nitrogen and oxygen atoms in total. The van der Waals surface area contributed by atoms with Gasteiger partial charge in [-0.15, -0.1) is 0 Å². The number of rotatable bonds is 10. The van der Waals surface area contributed by atoms with E-state index in [1.54, 1.807) is 48.5 Å². The second-order valence-corrected chi connectivity index (χ2v) is 9.94. The third-order valence-corrected chi connectivity index (χ3v) is 7.74. The highest BCUT2D eigenvalue weighted by Crippen LogP contribution is 2.55. The van der Waals surface area contributed by atoms with E-state index < -0.39 is 35.3 Å². The van der Waals surface area contributed by atoms with Crippen molar-refractivity contribution in [1.82, 2.24) is 10.2 Å². The van der Waals surface area contributed by atoms with Crippen LogP contribution < -0.4 is 14.8 Å². The number of para-hydroxylation sites is 1. The monoisotopic (exact) mass is 528 g/mol. The molecule has 2 amide bonds. The van der Waals surface area contributed by atoms with E-state index in [0.29, 0.717) is 29.0 Å². The van der Waals surface area contributed by atoms with Crippen LogP contribution in [0.1, 0.15) is 42.5 Å². The first-order valence-electron chi connectivity index (χ1n) is 13.2. The summed E-state index contributed by atoms with van der Waals surface area (Å²) in [5.41, 5.74) is 0.124. The molecule has 3 aromatic rings. The molecule has 202 valence electrons. The number of fused-ring (bicyclic) bond motifs is 1. The van der Waals surface area contributed by atoms with E-state index in [1.807, 2.05) is 37.3 Å². The number of amides is 2. The number of carbonyl (C=O) groups excluding carboxylic acids is 2. The lowest BCUT2D eigenvalue weighted by molar-refractivity contribution is -0.152. The van der Waals surface area contributed by atoms with Crippen molar-refractivity contribution in [3.05, 3.63) is 95.6 Å². The molecule has 2 saturated heterocycles. The van der Waals surface area contributed by atoms with Gasteiger partial charge in [-0.1, -0.05) is 86.1 Å². The van der Waals surface area contributed by atoms with Gasteiger partial charge in [0.2, 0.25) is 11.8 Å². The maximum absolute atomic E-state index is 13.9. The van der Waals surface area contributed by atoms with E-state index in [0.717, 1.165) is 12.0 Å². The zero-order chi connectivity index (χ0) is 27.6. The van der Waals surface area contributed by atoms with Gasteiger partial charge in [-0.2, -0.15) is 0 Å². The number of carboxylic acids is 1. The Morgan fingerprint density at radius 2 is 1.67 bits per heavy atom. The first-order chi connectivity index (χ1) is 18.9. The van der Waals surface area contributed by atoms with Crippen LogP contribution in [0.4, 0.5) is 0 Å². The fraction of sp³-hybridized carbons (Fsp3) is 0.323. The minimum Gasteiger partial charge on any atom is -0.493 e. The van der Waals surface area contributed by atoms with Gasteiger partial charge in [-0.3, -0.25) is 19.8 Å². The standard InChI is InChI=1S/C31H32N2O6/c1-3-4-18-33-28(34)24-25(29(33)35)31(30(36)37,21-14-9-6-10-15-21)32-26(24)22-16-11-17-23(38-2)27(22)39-19-20-12-7-5-8-13-20/h5-17,24-26,32H,3-4,18-19H2,1-2H3,(H,36,37). The van der Waals surface area contributed by atoms with Gasteiger partial charge in [0.05, 0.1) is 18.9 Å². The second kappa shape index (κ2) is 10.9. The van der Waals surface area contributed by atoms with Gasteiger partial charge in [-0.25, -0.2) is 4.79 Å². The third-order valence-electron chi connectivity index (χ3n) is 7.74. The summed E-state index contributed by atoms with van der Waals surface area (Å²) in [5.74, 6) is -3.24. The van der Waals surface area contributed by atoms with Crippen molar-refractivity contribution in [1.29, 1.82) is 0 Å². The zero-order valence-electron chi connectivity index (χ0n) is 22.0. The van der Waals surface area contributed by atoms with E-state index in [4.69, 9.17) is 9.47 Å². The summed E-state index contributed by atoms with van der Waals surface area (Å²) in [7, 11) is 1.53. The largest absolute Gasteiger partial charge is 0.493 e. The molecule has 2 N–H and O–H groups in total. The molecule has 0 radical (unpaired) electrons. The number of hydrogen-bond acceptors (Lipinski definition) is 6. The van der Waals surface area contributed by atoms with Crippen molar-refractivity contribution in [2.75, 3.05) is 13.7 Å². The van der Waals surface area contributed by atoms with Crippen molar-refractivity contribution in [2.24, 2.45) is 11.8 Å². The quantitative estimate of drug-likeness (QED) is 0.378. The van der Waals surface area contributed by atoms with Gasteiger partial charge < -0.3 is 14.6 Å². The Balaban J connectivity index is 1.64. The topological polar surface area (TPSA) is 105 Å². The fourth-order valence-corrected chi connectivity index (χ4v) is 5.88. The molecule has 0 aromatic heterocycles. The molecule has 4 unspecified atom stereocenters. The predicted octanol–water partition coefficient (Wildman–Crippen LogP) is 4.30. The minimum absolute atomic E-state index is 0.243. The number of carboxylic acid groups (broad SMARTS) is 1. The summed E-state index contributed by atoms with van der Waals surface area (Å²) in [6, 6.07) is 22.8. The summed E-state index contributed by atoms with van der Waals surface area (Å²) in [4.78, 5) is 42.1. The number of hydrogen-bond donors (Lipinski definition) is 2. The number of nitrogens with one attached hydrogen (secondary N) is 1. The van der Waals surface area contributed by atoms with E-state index in [2.05, 4.69) is 5.32 Å². The maximum atomic E-state index is 13.9. The van der Waals surface area contributed by atoms with Crippen LogP contribution in [0.15, 0.2) is 78.9 Å². The normalized spacial score (nSPS) is 24.1. The number of aliphatic carboxylic acids is 1. The molecule has 8 heteroatoms. The molecular weight excluding hydrogens is 496 g/mol. The molecule has 0 saturated carbocycles. The molecule has 4 atom stereocenters. The van der Waals surface area contributed by atoms with Gasteiger partial charge in [-0.05, 0) is 23.6 Å². The van der Waals surface area contributed by atoms with Gasteiger partial charge in [0.1, 0.15) is 6.61 Å². The molecule has 0 spiro atoms. The van der Waals surface area contributed by atoms with Crippen LogP contribution in [-0.2, 0) is 26.5 Å². The highest BCUT2D eigenvalue weighted by molar-refractivity contribution is 6.09. The molecule has 0 aliphatic carbocycles. The van der Waals surface area contributed by atoms with Crippen molar-refractivity contribution in [2.45, 2.75) is 38.0 Å². The first-order valence-corrected chi connectivity index (χ1v) is 13.2.